The number of allylic oxidation sites excluding steroid dienone is 1. The maximum absolute atomic E-state index is 8.49. The molecule has 1 aromatic carbocycles. The molecular weight excluding hydrogens is 585 g/mol. The normalized spacial score (nSPS) is 12.8. The number of aliphatic hydroxyl groups excluding tert-OH is 2. The smallest absolute Gasteiger partial charge is 0.105 e. The second kappa shape index (κ2) is 10.5. The van der Waals surface area contributed by atoms with Gasteiger partial charge in [0.2, 0.25) is 0 Å². The maximum Gasteiger partial charge on any atom is 0.105 e. The summed E-state index contributed by atoms with van der Waals surface area (Å²) < 4.78 is 1.19. The van der Waals surface area contributed by atoms with Crippen LogP contribution in [0.1, 0.15) is 40.2 Å². The SMILES string of the molecule is C/C(O)=C/C(C)O.CC(C)(C)c1c[c-]c(-c2nc3cccnc3c3sccc23)cc1.[Ir]. The summed E-state index contributed by atoms with van der Waals surface area (Å²) >= 11 is 1.72. The van der Waals surface area contributed by atoms with Crippen molar-refractivity contribution in [3.8, 4) is 11.3 Å². The van der Waals surface area contributed by atoms with Gasteiger partial charge in [-0.3, -0.25) is 9.97 Å². The van der Waals surface area contributed by atoms with Crippen molar-refractivity contribution in [3.63, 3.8) is 0 Å². The number of hydrogen-bond donors (Lipinski definition) is 2. The Kier molecular flexibility index (Phi) is 8.49. The number of fused-ring (bicyclic) bond motifs is 3. The first kappa shape index (κ1) is 25.2. The van der Waals surface area contributed by atoms with Crippen molar-refractivity contribution >= 4 is 32.5 Å². The van der Waals surface area contributed by atoms with E-state index in [-0.39, 0.29) is 31.3 Å². The quantitative estimate of drug-likeness (QED) is 0.202. The third-order valence-corrected chi connectivity index (χ3v) is 5.49. The largest absolute Gasteiger partial charge is 0.513 e. The van der Waals surface area contributed by atoms with Crippen LogP contribution in [0.2, 0.25) is 0 Å². The molecule has 6 heteroatoms. The Morgan fingerprint density at radius 1 is 1.19 bits per heavy atom. The average Bonchev–Trinajstić information content (AvgIpc) is 3.16. The molecule has 0 amide bonds. The van der Waals surface area contributed by atoms with Crippen LogP contribution in [0.5, 0.6) is 0 Å². The summed E-state index contributed by atoms with van der Waals surface area (Å²) in [7, 11) is 0. The third kappa shape index (κ3) is 6.20. The molecule has 3 heterocycles. The molecule has 0 aliphatic heterocycles. The van der Waals surface area contributed by atoms with Gasteiger partial charge in [-0.15, -0.1) is 46.7 Å². The second-order valence-electron chi connectivity index (χ2n) is 8.28. The van der Waals surface area contributed by atoms with Crippen molar-refractivity contribution in [1.82, 2.24) is 9.97 Å². The summed E-state index contributed by atoms with van der Waals surface area (Å²) in [6, 6.07) is 15.9. The van der Waals surface area contributed by atoms with Crippen LogP contribution in [0.4, 0.5) is 0 Å². The number of nitrogens with zero attached hydrogens (tertiary/aromatic N) is 2. The van der Waals surface area contributed by atoms with Crippen LogP contribution in [0.25, 0.3) is 32.4 Å². The Labute approximate surface area is 201 Å². The molecule has 0 aliphatic rings. The van der Waals surface area contributed by atoms with Crippen LogP contribution in [0.15, 0.2) is 59.8 Å². The Balaban J connectivity index is 0.000000373. The van der Waals surface area contributed by atoms with E-state index in [2.05, 4.69) is 61.5 Å². The molecule has 0 saturated carbocycles. The molecule has 2 N–H and O–H groups in total. The van der Waals surface area contributed by atoms with E-state index in [0.29, 0.717) is 0 Å². The molecule has 1 radical (unpaired) electrons. The zero-order valence-corrected chi connectivity index (χ0v) is 21.5. The summed E-state index contributed by atoms with van der Waals surface area (Å²) in [6.07, 6.45) is 2.65. The van der Waals surface area contributed by atoms with Crippen molar-refractivity contribution in [2.45, 2.75) is 46.1 Å². The number of hydrogen-bond acceptors (Lipinski definition) is 5. The van der Waals surface area contributed by atoms with E-state index in [1.165, 1.54) is 23.3 Å². The van der Waals surface area contributed by atoms with Crippen LogP contribution in [-0.2, 0) is 25.5 Å². The number of rotatable bonds is 2. The van der Waals surface area contributed by atoms with Crippen molar-refractivity contribution < 1.29 is 30.3 Å². The van der Waals surface area contributed by atoms with Gasteiger partial charge in [0.15, 0.2) is 0 Å². The van der Waals surface area contributed by atoms with Gasteiger partial charge in [0, 0.05) is 26.3 Å². The minimum Gasteiger partial charge on any atom is -0.513 e. The summed E-state index contributed by atoms with van der Waals surface area (Å²) in [5, 5.41) is 20.2. The fraction of sp³-hybridized carbons (Fsp3) is 0.280. The van der Waals surface area contributed by atoms with Crippen LogP contribution < -0.4 is 0 Å². The Bertz CT molecular complexity index is 1170. The molecule has 165 valence electrons. The van der Waals surface area contributed by atoms with E-state index < -0.39 is 6.10 Å². The molecular formula is C25H27IrN2O2S-. The minimum atomic E-state index is -0.537. The van der Waals surface area contributed by atoms with Gasteiger partial charge in [-0.05, 0) is 53.9 Å². The zero-order valence-electron chi connectivity index (χ0n) is 18.3. The molecule has 4 aromatic rings. The van der Waals surface area contributed by atoms with Crippen molar-refractivity contribution in [2.75, 3.05) is 0 Å². The average molecular weight is 612 g/mol. The molecule has 4 rings (SSSR count). The molecule has 0 aliphatic carbocycles. The van der Waals surface area contributed by atoms with Crippen molar-refractivity contribution in [3.05, 3.63) is 71.4 Å². The van der Waals surface area contributed by atoms with E-state index in [0.717, 1.165) is 27.7 Å². The van der Waals surface area contributed by atoms with Gasteiger partial charge >= 0.3 is 0 Å². The predicted molar refractivity (Wildman–Crippen MR) is 126 cm³/mol. The topological polar surface area (TPSA) is 66.2 Å². The van der Waals surface area contributed by atoms with E-state index in [1.807, 2.05) is 18.3 Å². The van der Waals surface area contributed by atoms with Gasteiger partial charge in [0.05, 0.1) is 22.1 Å². The van der Waals surface area contributed by atoms with E-state index in [9.17, 15) is 0 Å². The first-order valence-corrected chi connectivity index (χ1v) is 10.7. The zero-order chi connectivity index (χ0) is 21.9. The van der Waals surface area contributed by atoms with Gasteiger partial charge in [-0.2, -0.15) is 0 Å². The number of aliphatic hydroxyl groups is 2. The molecule has 0 bridgehead atoms. The standard InChI is InChI=1S/C20H17N2S.C5H10O2.Ir/c1-20(2,3)14-8-6-13(7-9-14)17-15-10-12-23-19(15)18-16(22-17)5-4-11-21-18;1-4(6)3-5(2)7;/h4-6,8-12H,1-3H3;3-4,6-7H,1-2H3;/q-1;;/b;5-3-;. The summed E-state index contributed by atoms with van der Waals surface area (Å²) in [6.45, 7) is 9.75. The molecule has 1 atom stereocenters. The van der Waals surface area contributed by atoms with Crippen molar-refractivity contribution in [2.24, 2.45) is 0 Å². The summed E-state index contributed by atoms with van der Waals surface area (Å²) in [4.78, 5) is 9.35. The molecule has 3 aromatic heterocycles. The van der Waals surface area contributed by atoms with Gasteiger partial charge in [-0.25, -0.2) is 0 Å². The molecule has 1 unspecified atom stereocenters. The van der Waals surface area contributed by atoms with Crippen LogP contribution in [-0.4, -0.2) is 26.3 Å². The predicted octanol–water partition coefficient (Wildman–Crippen LogP) is 6.44. The summed E-state index contributed by atoms with van der Waals surface area (Å²) in [5.41, 5.74) is 5.35. The van der Waals surface area contributed by atoms with E-state index in [4.69, 9.17) is 15.2 Å². The Morgan fingerprint density at radius 2 is 1.94 bits per heavy atom. The number of thiophene rings is 1. The number of aromatic nitrogens is 2. The third-order valence-electron chi connectivity index (χ3n) is 4.57. The molecule has 0 fully saturated rings. The van der Waals surface area contributed by atoms with Crippen LogP contribution in [0.3, 0.4) is 0 Å². The monoisotopic (exact) mass is 612 g/mol. The summed E-state index contributed by atoms with van der Waals surface area (Å²) in [5.74, 6) is 0.162. The first-order chi connectivity index (χ1) is 14.2. The van der Waals surface area contributed by atoms with Crippen molar-refractivity contribution in [1.29, 1.82) is 0 Å². The van der Waals surface area contributed by atoms with E-state index >= 15 is 0 Å². The number of benzene rings is 1. The van der Waals surface area contributed by atoms with Crippen LogP contribution >= 0.6 is 11.3 Å². The molecule has 31 heavy (non-hydrogen) atoms. The maximum atomic E-state index is 8.49. The Hall–Kier alpha value is -2.11. The fourth-order valence-corrected chi connectivity index (χ4v) is 4.02. The van der Waals surface area contributed by atoms with Gasteiger partial charge in [0.25, 0.3) is 0 Å². The fourth-order valence-electron chi connectivity index (χ4n) is 3.11. The second-order valence-corrected chi connectivity index (χ2v) is 9.20. The van der Waals surface area contributed by atoms with Gasteiger partial charge in [-0.1, -0.05) is 26.8 Å². The molecule has 4 nitrogen and oxygen atoms in total. The molecule has 0 saturated heterocycles. The Morgan fingerprint density at radius 3 is 2.48 bits per heavy atom. The first-order valence-electron chi connectivity index (χ1n) is 9.87. The van der Waals surface area contributed by atoms with Gasteiger partial charge in [0.1, 0.15) is 5.52 Å². The van der Waals surface area contributed by atoms with Crippen LogP contribution in [0, 0.1) is 6.07 Å². The minimum absolute atomic E-state index is 0. The van der Waals surface area contributed by atoms with Gasteiger partial charge < -0.3 is 10.2 Å². The van der Waals surface area contributed by atoms with E-state index in [1.54, 1.807) is 18.3 Å². The molecule has 0 spiro atoms. The number of pyridine rings is 2.